The molecule has 0 bridgehead atoms. The summed E-state index contributed by atoms with van der Waals surface area (Å²) in [5, 5.41) is 0. The summed E-state index contributed by atoms with van der Waals surface area (Å²) in [6.07, 6.45) is 0. The monoisotopic (exact) mass is 250 g/mol. The lowest BCUT2D eigenvalue weighted by Crippen LogP contribution is -2.39. The minimum absolute atomic E-state index is 0.0635. The van der Waals surface area contributed by atoms with Crippen LogP contribution in [-0.2, 0) is 9.36 Å². The number of likely N-dealkylation sites (N-methyl/N-ethyl adjacent to an activating group) is 2. The number of hydrogen-bond donors (Lipinski definition) is 0. The first-order chi connectivity index (χ1) is 7.13. The maximum Gasteiger partial charge on any atom is 0.286 e. The minimum Gasteiger partial charge on any atom is -0.348 e. The van der Waals surface area contributed by atoms with Crippen LogP contribution >= 0.6 is 7.59 Å². The Morgan fingerprint density at radius 1 is 0.938 bits per heavy atom. The Balaban J connectivity index is 4.85. The molecule has 0 aliphatic carbocycles. The molecule has 0 rings (SSSR count). The molecule has 0 aromatic heterocycles. The molecule has 0 aromatic rings. The summed E-state index contributed by atoms with van der Waals surface area (Å²) in [7, 11) is 9.26. The predicted molar refractivity (Wildman–Crippen MR) is 66.3 cm³/mol. The second-order valence-electron chi connectivity index (χ2n) is 4.31. The van der Waals surface area contributed by atoms with Crippen LogP contribution in [0.25, 0.3) is 0 Å². The molecular formula is C9H23N4O2P. The van der Waals surface area contributed by atoms with Crippen molar-refractivity contribution in [2.24, 2.45) is 0 Å². The summed E-state index contributed by atoms with van der Waals surface area (Å²) in [6.45, 7) is 0.140. The number of amides is 1. The normalized spacial score (nSPS) is 12.6. The van der Waals surface area contributed by atoms with E-state index in [1.54, 1.807) is 63.3 Å². The molecule has 0 aliphatic rings. The van der Waals surface area contributed by atoms with E-state index in [1.807, 2.05) is 0 Å². The van der Waals surface area contributed by atoms with Gasteiger partial charge in [-0.3, -0.25) is 9.36 Å². The zero-order valence-corrected chi connectivity index (χ0v) is 12.2. The SMILES string of the molecule is CN(C)C(=O)CN(C)P(=O)(N(C)C)N(C)C. The highest BCUT2D eigenvalue weighted by Gasteiger charge is 2.34. The van der Waals surface area contributed by atoms with Crippen molar-refractivity contribution in [2.75, 3.05) is 55.9 Å². The van der Waals surface area contributed by atoms with Crippen LogP contribution < -0.4 is 0 Å². The van der Waals surface area contributed by atoms with E-state index in [9.17, 15) is 9.36 Å². The van der Waals surface area contributed by atoms with E-state index in [0.29, 0.717) is 0 Å². The van der Waals surface area contributed by atoms with E-state index in [2.05, 4.69) is 0 Å². The van der Waals surface area contributed by atoms with Gasteiger partial charge >= 0.3 is 0 Å². The topological polar surface area (TPSA) is 47.1 Å². The lowest BCUT2D eigenvalue weighted by molar-refractivity contribution is -0.128. The Labute approximate surface area is 98.3 Å². The van der Waals surface area contributed by atoms with Crippen LogP contribution in [0.1, 0.15) is 0 Å². The lowest BCUT2D eigenvalue weighted by atomic mass is 10.5. The van der Waals surface area contributed by atoms with Crippen molar-refractivity contribution in [3.05, 3.63) is 0 Å². The van der Waals surface area contributed by atoms with Gasteiger partial charge in [0.15, 0.2) is 0 Å². The molecule has 1 amide bonds. The highest BCUT2D eigenvalue weighted by molar-refractivity contribution is 7.56. The van der Waals surface area contributed by atoms with Crippen LogP contribution in [0.3, 0.4) is 0 Å². The van der Waals surface area contributed by atoms with Crippen molar-refractivity contribution in [3.8, 4) is 0 Å². The van der Waals surface area contributed by atoms with Gasteiger partial charge in [-0.2, -0.15) is 0 Å². The fourth-order valence-electron chi connectivity index (χ4n) is 1.40. The molecule has 0 unspecified atom stereocenters. The fourth-order valence-corrected chi connectivity index (χ4v) is 3.64. The quantitative estimate of drug-likeness (QED) is 0.654. The molecule has 0 spiro atoms. The molecule has 6 nitrogen and oxygen atoms in total. The zero-order chi connectivity index (χ0) is 13.1. The van der Waals surface area contributed by atoms with Gasteiger partial charge in [0.25, 0.3) is 7.59 Å². The number of carbonyl (C=O) groups is 1. The summed E-state index contributed by atoms with van der Waals surface area (Å²) in [5.41, 5.74) is 0. The van der Waals surface area contributed by atoms with Crippen LogP contribution in [0.5, 0.6) is 0 Å². The first-order valence-electron chi connectivity index (χ1n) is 5.01. The Morgan fingerprint density at radius 3 is 1.56 bits per heavy atom. The molecule has 0 N–H and O–H groups in total. The third-order valence-corrected chi connectivity index (χ3v) is 5.47. The average molecular weight is 250 g/mol. The molecule has 7 heteroatoms. The van der Waals surface area contributed by atoms with Crippen molar-refractivity contribution in [3.63, 3.8) is 0 Å². The molecule has 0 heterocycles. The summed E-state index contributed by atoms with van der Waals surface area (Å²) in [6, 6.07) is 0. The van der Waals surface area contributed by atoms with Crippen molar-refractivity contribution in [2.45, 2.75) is 0 Å². The Hall–Kier alpha value is -0.420. The molecule has 0 radical (unpaired) electrons. The molecule has 0 aliphatic heterocycles. The first-order valence-corrected chi connectivity index (χ1v) is 6.58. The van der Waals surface area contributed by atoms with Gasteiger partial charge in [0.2, 0.25) is 5.91 Å². The standard InChI is InChI=1S/C9H23N4O2P/c1-10(2)9(14)8-13(7)16(15,11(3)4)12(5)6/h8H2,1-7H3. The average Bonchev–Trinajstić information content (AvgIpc) is 2.15. The highest BCUT2D eigenvalue weighted by atomic mass is 31.2. The number of nitrogens with zero attached hydrogens (tertiary/aromatic N) is 4. The number of carbonyl (C=O) groups excluding carboxylic acids is 1. The van der Waals surface area contributed by atoms with Gasteiger partial charge in [-0.1, -0.05) is 0 Å². The largest absolute Gasteiger partial charge is 0.348 e. The van der Waals surface area contributed by atoms with E-state index in [4.69, 9.17) is 0 Å². The van der Waals surface area contributed by atoms with Gasteiger partial charge in [-0.25, -0.2) is 14.0 Å². The predicted octanol–water partition coefficient (Wildman–Crippen LogP) is 0.238. The summed E-state index contributed by atoms with van der Waals surface area (Å²) < 4.78 is 17.6. The van der Waals surface area contributed by atoms with Gasteiger partial charge < -0.3 is 4.90 Å². The Kier molecular flexibility index (Phi) is 5.62. The smallest absolute Gasteiger partial charge is 0.286 e. The van der Waals surface area contributed by atoms with Crippen LogP contribution in [0.2, 0.25) is 0 Å². The minimum atomic E-state index is -2.80. The van der Waals surface area contributed by atoms with Gasteiger partial charge in [0.1, 0.15) is 0 Å². The van der Waals surface area contributed by atoms with Gasteiger partial charge in [-0.05, 0) is 35.2 Å². The Bertz CT molecular complexity index is 279. The van der Waals surface area contributed by atoms with E-state index >= 15 is 0 Å². The lowest BCUT2D eigenvalue weighted by Gasteiger charge is -2.37. The van der Waals surface area contributed by atoms with Crippen molar-refractivity contribution >= 4 is 13.5 Å². The maximum atomic E-state index is 12.7. The zero-order valence-electron chi connectivity index (χ0n) is 11.3. The van der Waals surface area contributed by atoms with E-state index in [-0.39, 0.29) is 12.5 Å². The fraction of sp³-hybridized carbons (Fsp3) is 0.889. The summed E-state index contributed by atoms with van der Waals surface area (Å²) >= 11 is 0. The number of hydrogen-bond acceptors (Lipinski definition) is 2. The van der Waals surface area contributed by atoms with E-state index in [0.717, 1.165) is 0 Å². The summed E-state index contributed by atoms with van der Waals surface area (Å²) in [4.78, 5) is 13.1. The van der Waals surface area contributed by atoms with Gasteiger partial charge in [0.05, 0.1) is 6.54 Å². The van der Waals surface area contributed by atoms with E-state index < -0.39 is 7.59 Å². The second kappa shape index (κ2) is 5.77. The van der Waals surface area contributed by atoms with Crippen molar-refractivity contribution < 1.29 is 9.36 Å². The second-order valence-corrected chi connectivity index (χ2v) is 7.62. The van der Waals surface area contributed by atoms with Crippen LogP contribution in [-0.4, -0.2) is 80.7 Å². The molecule has 0 fully saturated rings. The Morgan fingerprint density at radius 2 is 1.31 bits per heavy atom. The van der Waals surface area contributed by atoms with Crippen LogP contribution in [0, 0.1) is 0 Å². The molecule has 16 heavy (non-hydrogen) atoms. The number of rotatable bonds is 5. The van der Waals surface area contributed by atoms with Crippen LogP contribution in [0.4, 0.5) is 0 Å². The molecule has 96 valence electrons. The summed E-state index contributed by atoms with van der Waals surface area (Å²) in [5.74, 6) is -0.0635. The molecule has 0 aromatic carbocycles. The molecular weight excluding hydrogens is 227 g/mol. The molecule has 0 saturated carbocycles. The van der Waals surface area contributed by atoms with Crippen molar-refractivity contribution in [1.29, 1.82) is 0 Å². The molecule has 0 atom stereocenters. The third-order valence-electron chi connectivity index (χ3n) is 2.35. The highest BCUT2D eigenvalue weighted by Crippen LogP contribution is 2.51. The van der Waals surface area contributed by atoms with E-state index in [1.165, 1.54) is 4.90 Å². The third kappa shape index (κ3) is 3.28. The van der Waals surface area contributed by atoms with Crippen LogP contribution in [0.15, 0.2) is 0 Å². The van der Waals surface area contributed by atoms with Gasteiger partial charge in [-0.15, -0.1) is 0 Å². The first kappa shape index (κ1) is 15.6. The molecule has 0 saturated heterocycles. The maximum absolute atomic E-state index is 12.7. The van der Waals surface area contributed by atoms with Crippen molar-refractivity contribution in [1.82, 2.24) is 18.9 Å². The van der Waals surface area contributed by atoms with Gasteiger partial charge in [0, 0.05) is 14.1 Å².